The molecule has 1 heterocycles. The van der Waals surface area contributed by atoms with Crippen LogP contribution in [-0.4, -0.2) is 37.0 Å². The van der Waals surface area contributed by atoms with Crippen molar-refractivity contribution in [2.45, 2.75) is 37.2 Å². The number of hydrogen-bond donors (Lipinski definition) is 2. The number of nitrogens with one attached hydrogen (secondary N) is 2. The number of anilines is 1. The van der Waals surface area contributed by atoms with Gasteiger partial charge in [0.1, 0.15) is 17.4 Å². The van der Waals surface area contributed by atoms with Crippen molar-refractivity contribution in [1.82, 2.24) is 14.1 Å². The van der Waals surface area contributed by atoms with Crippen molar-refractivity contribution >= 4 is 26.7 Å². The van der Waals surface area contributed by atoms with Gasteiger partial charge in [-0.05, 0) is 55.8 Å². The monoisotopic (exact) mass is 450 g/mol. The molecule has 0 aliphatic heterocycles. The number of benzene rings is 2. The summed E-state index contributed by atoms with van der Waals surface area (Å²) in [5.74, 6) is 0.921. The van der Waals surface area contributed by atoms with Gasteiger partial charge in [0.25, 0.3) is 0 Å². The van der Waals surface area contributed by atoms with Crippen molar-refractivity contribution in [2.24, 2.45) is 0 Å². The minimum Gasteiger partial charge on any atom is -0.497 e. The third-order valence-electron chi connectivity index (χ3n) is 4.56. The number of sulfonamides is 1. The van der Waals surface area contributed by atoms with Gasteiger partial charge in [0.15, 0.2) is 0 Å². The second kappa shape index (κ2) is 9.50. The molecule has 0 bridgehead atoms. The third kappa shape index (κ3) is 5.74. The van der Waals surface area contributed by atoms with E-state index >= 15 is 0 Å². The van der Waals surface area contributed by atoms with Crippen molar-refractivity contribution in [3.63, 3.8) is 0 Å². The van der Waals surface area contributed by atoms with Gasteiger partial charge in [0.05, 0.1) is 12.0 Å². The lowest BCUT2D eigenvalue weighted by molar-refractivity contribution is 0.414. The Morgan fingerprint density at radius 1 is 1.07 bits per heavy atom. The first kappa shape index (κ1) is 22.1. The largest absolute Gasteiger partial charge is 0.497 e. The fourth-order valence-corrected chi connectivity index (χ4v) is 4.66. The van der Waals surface area contributed by atoms with E-state index in [1.807, 2.05) is 6.92 Å². The number of aromatic nitrogens is 2. The Hall–Kier alpha value is -2.56. The van der Waals surface area contributed by atoms with E-state index in [0.717, 1.165) is 5.56 Å². The van der Waals surface area contributed by atoms with Gasteiger partial charge in [-0.25, -0.2) is 22.5 Å². The van der Waals surface area contributed by atoms with Crippen molar-refractivity contribution < 1.29 is 17.5 Å². The molecule has 3 rings (SSSR count). The summed E-state index contributed by atoms with van der Waals surface area (Å²) in [6.45, 7) is 3.64. The minimum absolute atomic E-state index is 0.167. The molecule has 0 aliphatic rings. The van der Waals surface area contributed by atoms with E-state index < -0.39 is 16.1 Å². The summed E-state index contributed by atoms with van der Waals surface area (Å²) in [4.78, 5) is 4.60. The predicted octanol–water partition coefficient (Wildman–Crippen LogP) is 3.44. The highest BCUT2D eigenvalue weighted by Crippen LogP contribution is 2.18. The Kier molecular flexibility index (Phi) is 7.01. The van der Waals surface area contributed by atoms with Crippen LogP contribution in [0.4, 0.5) is 9.52 Å². The summed E-state index contributed by atoms with van der Waals surface area (Å²) in [7, 11) is -2.15. The van der Waals surface area contributed by atoms with E-state index in [-0.39, 0.29) is 16.8 Å². The lowest BCUT2D eigenvalue weighted by atomic mass is 10.1. The molecule has 0 amide bonds. The van der Waals surface area contributed by atoms with Gasteiger partial charge < -0.3 is 10.1 Å². The molecule has 2 aromatic carbocycles. The van der Waals surface area contributed by atoms with E-state index in [4.69, 9.17) is 4.74 Å². The number of nitrogens with zero attached hydrogens (tertiary/aromatic N) is 2. The Labute approximate surface area is 179 Å². The molecule has 1 aromatic heterocycles. The Morgan fingerprint density at radius 2 is 1.73 bits per heavy atom. The highest BCUT2D eigenvalue weighted by Gasteiger charge is 2.22. The molecule has 0 saturated carbocycles. The van der Waals surface area contributed by atoms with Gasteiger partial charge in [-0.15, -0.1) is 0 Å². The maximum absolute atomic E-state index is 13.0. The molecule has 7 nitrogen and oxygen atoms in total. The first-order valence-corrected chi connectivity index (χ1v) is 11.5. The third-order valence-corrected chi connectivity index (χ3v) is 6.81. The molecule has 160 valence electrons. The molecule has 0 spiro atoms. The van der Waals surface area contributed by atoms with Gasteiger partial charge >= 0.3 is 0 Å². The van der Waals surface area contributed by atoms with Gasteiger partial charge in [0.2, 0.25) is 15.2 Å². The maximum Gasteiger partial charge on any atom is 0.240 e. The summed E-state index contributed by atoms with van der Waals surface area (Å²) >= 11 is 1.20. The normalized spacial score (nSPS) is 13.6. The van der Waals surface area contributed by atoms with E-state index in [9.17, 15) is 12.8 Å². The van der Waals surface area contributed by atoms with Crippen molar-refractivity contribution in [3.05, 3.63) is 65.7 Å². The van der Waals surface area contributed by atoms with Crippen LogP contribution in [0.3, 0.4) is 0 Å². The summed E-state index contributed by atoms with van der Waals surface area (Å²) in [5, 5.41) is 3.78. The second-order valence-electron chi connectivity index (χ2n) is 6.84. The van der Waals surface area contributed by atoms with Crippen LogP contribution in [0.2, 0.25) is 0 Å². The molecule has 2 atom stereocenters. The molecule has 0 aliphatic carbocycles. The quantitative estimate of drug-likeness (QED) is 0.519. The number of halogens is 1. The molecule has 0 fully saturated rings. The van der Waals surface area contributed by atoms with E-state index in [1.54, 1.807) is 31.2 Å². The van der Waals surface area contributed by atoms with Gasteiger partial charge in [-0.2, -0.15) is 4.37 Å². The Bertz CT molecular complexity index is 1070. The number of rotatable bonds is 9. The average molecular weight is 451 g/mol. The fourth-order valence-electron chi connectivity index (χ4n) is 2.66. The summed E-state index contributed by atoms with van der Waals surface area (Å²) in [6.07, 6.45) is 0.493. The molecular formula is C20H23FN4O3S2. The summed E-state index contributed by atoms with van der Waals surface area (Å²) in [6, 6.07) is 11.8. The van der Waals surface area contributed by atoms with Gasteiger partial charge in [-0.1, -0.05) is 12.1 Å². The highest BCUT2D eigenvalue weighted by molar-refractivity contribution is 7.89. The van der Waals surface area contributed by atoms with E-state index in [1.165, 1.54) is 42.9 Å². The molecular weight excluding hydrogens is 427 g/mol. The number of ether oxygens (including phenoxy) is 1. The second-order valence-corrected chi connectivity index (χ2v) is 9.30. The highest BCUT2D eigenvalue weighted by atomic mass is 32.2. The van der Waals surface area contributed by atoms with Crippen molar-refractivity contribution in [3.8, 4) is 5.75 Å². The van der Waals surface area contributed by atoms with Crippen LogP contribution in [-0.2, 0) is 16.4 Å². The average Bonchev–Trinajstić information content (AvgIpc) is 3.16. The van der Waals surface area contributed by atoms with Crippen LogP contribution in [0.5, 0.6) is 5.75 Å². The van der Waals surface area contributed by atoms with Crippen LogP contribution in [0.15, 0.2) is 53.4 Å². The first-order chi connectivity index (χ1) is 14.3. The zero-order valence-corrected chi connectivity index (χ0v) is 18.4. The molecule has 0 radical (unpaired) electrons. The number of methoxy groups -OCH3 is 1. The van der Waals surface area contributed by atoms with Crippen LogP contribution in [0.25, 0.3) is 0 Å². The van der Waals surface area contributed by atoms with Crippen LogP contribution in [0.1, 0.15) is 25.2 Å². The Morgan fingerprint density at radius 3 is 2.37 bits per heavy atom. The van der Waals surface area contributed by atoms with Gasteiger partial charge in [-0.3, -0.25) is 0 Å². The zero-order chi connectivity index (χ0) is 21.7. The van der Waals surface area contributed by atoms with Crippen LogP contribution in [0, 0.1) is 5.82 Å². The van der Waals surface area contributed by atoms with Crippen LogP contribution < -0.4 is 14.8 Å². The van der Waals surface area contributed by atoms with Crippen LogP contribution >= 0.6 is 11.5 Å². The first-order valence-electron chi connectivity index (χ1n) is 9.27. The lowest BCUT2D eigenvalue weighted by Gasteiger charge is -2.22. The topological polar surface area (TPSA) is 93.2 Å². The van der Waals surface area contributed by atoms with Gasteiger partial charge in [0, 0.05) is 30.0 Å². The maximum atomic E-state index is 13.0. The Balaban J connectivity index is 1.59. The molecule has 3 aromatic rings. The molecule has 2 unspecified atom stereocenters. The zero-order valence-electron chi connectivity index (χ0n) is 16.8. The SMILES string of the molecule is COc1ccc(S(=O)(=O)NC(C)C(C)Nc2nc(Cc3ccc(F)cc3)ns2)cc1. The molecule has 10 heteroatoms. The molecule has 0 saturated heterocycles. The van der Waals surface area contributed by atoms with E-state index in [0.29, 0.717) is 23.1 Å². The summed E-state index contributed by atoms with van der Waals surface area (Å²) < 4.78 is 50.3. The standard InChI is InChI=1S/C20H23FN4O3S2/c1-13(14(2)25-30(26,27)18-10-8-17(28-3)9-11-18)22-20-23-19(24-29-20)12-15-4-6-16(21)7-5-15/h4-11,13-14,25H,12H2,1-3H3,(H,22,23,24). The molecule has 2 N–H and O–H groups in total. The van der Waals surface area contributed by atoms with E-state index in [2.05, 4.69) is 19.4 Å². The van der Waals surface area contributed by atoms with Crippen molar-refractivity contribution in [2.75, 3.05) is 12.4 Å². The number of hydrogen-bond acceptors (Lipinski definition) is 7. The fraction of sp³-hybridized carbons (Fsp3) is 0.300. The lowest BCUT2D eigenvalue weighted by Crippen LogP contribution is -2.43. The van der Waals surface area contributed by atoms with Crippen molar-refractivity contribution in [1.29, 1.82) is 0 Å². The predicted molar refractivity (Wildman–Crippen MR) is 115 cm³/mol. The summed E-state index contributed by atoms with van der Waals surface area (Å²) in [5.41, 5.74) is 0.911. The minimum atomic E-state index is -3.67. The smallest absolute Gasteiger partial charge is 0.240 e. The molecule has 30 heavy (non-hydrogen) atoms.